The highest BCUT2D eigenvalue weighted by atomic mass is 35.5. The molecule has 4 heteroatoms. The highest BCUT2D eigenvalue weighted by Gasteiger charge is 2.07. The molecule has 0 unspecified atom stereocenters. The maximum absolute atomic E-state index is 6.13. The van der Waals surface area contributed by atoms with E-state index in [0.29, 0.717) is 10.0 Å². The molecule has 0 aliphatic rings. The van der Waals surface area contributed by atoms with Crippen LogP contribution in [0.5, 0.6) is 0 Å². The number of anilines is 1. The van der Waals surface area contributed by atoms with E-state index in [4.69, 9.17) is 23.2 Å². The molecule has 0 atom stereocenters. The molecule has 0 saturated carbocycles. The topological polar surface area (TPSA) is 24.9 Å². The maximum atomic E-state index is 6.13. The summed E-state index contributed by atoms with van der Waals surface area (Å²) in [6.45, 7) is 0. The van der Waals surface area contributed by atoms with Gasteiger partial charge in [-0.3, -0.25) is 4.98 Å². The monoisotopic (exact) mass is 252 g/mol. The fourth-order valence-electron chi connectivity index (χ4n) is 1.43. The molecule has 0 spiro atoms. The van der Waals surface area contributed by atoms with Crippen molar-refractivity contribution in [2.75, 3.05) is 12.4 Å². The largest absolute Gasteiger partial charge is 0.388 e. The van der Waals surface area contributed by atoms with Gasteiger partial charge in [-0.25, -0.2) is 0 Å². The molecule has 82 valence electrons. The van der Waals surface area contributed by atoms with Gasteiger partial charge in [0.25, 0.3) is 0 Å². The van der Waals surface area contributed by atoms with Crippen LogP contribution in [0.3, 0.4) is 0 Å². The van der Waals surface area contributed by atoms with Crippen LogP contribution in [0, 0.1) is 0 Å². The lowest BCUT2D eigenvalue weighted by molar-refractivity contribution is 1.31. The molecular weight excluding hydrogens is 243 g/mol. The fraction of sp³-hybridized carbons (Fsp3) is 0.0833. The summed E-state index contributed by atoms with van der Waals surface area (Å²) in [5.74, 6) is 0. The van der Waals surface area contributed by atoms with E-state index in [1.807, 2.05) is 31.3 Å². The summed E-state index contributed by atoms with van der Waals surface area (Å²) in [5.41, 5.74) is 2.63. The Labute approximate surface area is 104 Å². The molecular formula is C12H10Cl2N2. The van der Waals surface area contributed by atoms with Crippen molar-refractivity contribution in [3.05, 3.63) is 46.6 Å². The molecule has 1 aromatic carbocycles. The molecule has 2 aromatic rings. The maximum Gasteiger partial charge on any atom is 0.0738 e. The fourth-order valence-corrected chi connectivity index (χ4v) is 1.83. The molecule has 0 amide bonds. The number of benzene rings is 1. The van der Waals surface area contributed by atoms with E-state index in [2.05, 4.69) is 10.3 Å². The van der Waals surface area contributed by atoms with E-state index in [-0.39, 0.29) is 0 Å². The van der Waals surface area contributed by atoms with Crippen molar-refractivity contribution in [2.45, 2.75) is 0 Å². The molecule has 0 bridgehead atoms. The molecule has 0 saturated heterocycles. The van der Waals surface area contributed by atoms with Gasteiger partial charge in [0.2, 0.25) is 0 Å². The molecule has 0 aliphatic carbocycles. The Hall–Kier alpha value is -1.25. The molecule has 1 aromatic heterocycles. The summed E-state index contributed by atoms with van der Waals surface area (Å²) in [6.07, 6.45) is 1.73. The van der Waals surface area contributed by atoms with Crippen molar-refractivity contribution in [3.63, 3.8) is 0 Å². The second-order valence-electron chi connectivity index (χ2n) is 3.28. The van der Waals surface area contributed by atoms with Crippen molar-refractivity contribution in [1.82, 2.24) is 4.98 Å². The zero-order valence-electron chi connectivity index (χ0n) is 8.67. The zero-order valence-corrected chi connectivity index (χ0v) is 10.2. The Kier molecular flexibility index (Phi) is 3.32. The summed E-state index contributed by atoms with van der Waals surface area (Å²) in [5, 5.41) is 4.13. The summed E-state index contributed by atoms with van der Waals surface area (Å²) in [6, 6.07) is 9.34. The van der Waals surface area contributed by atoms with Gasteiger partial charge in [-0.15, -0.1) is 0 Å². The summed E-state index contributed by atoms with van der Waals surface area (Å²) < 4.78 is 0. The minimum Gasteiger partial charge on any atom is -0.388 e. The zero-order chi connectivity index (χ0) is 11.5. The van der Waals surface area contributed by atoms with Crippen LogP contribution in [-0.2, 0) is 0 Å². The second kappa shape index (κ2) is 4.73. The van der Waals surface area contributed by atoms with Crippen LogP contribution in [0.1, 0.15) is 0 Å². The van der Waals surface area contributed by atoms with Crippen molar-refractivity contribution >= 4 is 28.9 Å². The van der Waals surface area contributed by atoms with E-state index < -0.39 is 0 Å². The van der Waals surface area contributed by atoms with Crippen LogP contribution >= 0.6 is 23.2 Å². The summed E-state index contributed by atoms with van der Waals surface area (Å²) >= 11 is 12.1. The predicted octanol–water partition coefficient (Wildman–Crippen LogP) is 4.10. The van der Waals surface area contributed by atoms with Crippen LogP contribution in [0.4, 0.5) is 5.69 Å². The van der Waals surface area contributed by atoms with E-state index in [1.165, 1.54) is 0 Å². The first-order valence-corrected chi connectivity index (χ1v) is 5.56. The van der Waals surface area contributed by atoms with Gasteiger partial charge in [0.1, 0.15) is 0 Å². The number of pyridine rings is 1. The van der Waals surface area contributed by atoms with E-state index in [9.17, 15) is 0 Å². The minimum absolute atomic E-state index is 0.532. The molecule has 16 heavy (non-hydrogen) atoms. The van der Waals surface area contributed by atoms with Gasteiger partial charge in [0.05, 0.1) is 15.7 Å². The molecule has 2 rings (SSSR count). The summed E-state index contributed by atoms with van der Waals surface area (Å²) in [4.78, 5) is 4.28. The van der Waals surface area contributed by atoms with Crippen molar-refractivity contribution in [2.24, 2.45) is 0 Å². The first kappa shape index (κ1) is 11.2. The quantitative estimate of drug-likeness (QED) is 0.871. The number of nitrogens with one attached hydrogen (secondary N) is 1. The highest BCUT2D eigenvalue weighted by Crippen LogP contribution is 2.32. The van der Waals surface area contributed by atoms with E-state index >= 15 is 0 Å². The number of halogens is 2. The summed E-state index contributed by atoms with van der Waals surface area (Å²) in [7, 11) is 1.86. The lowest BCUT2D eigenvalue weighted by Crippen LogP contribution is -1.90. The Bertz CT molecular complexity index is 512. The third kappa shape index (κ3) is 2.13. The SMILES string of the molecule is CNc1ccnc(-c2cccc(Cl)c2Cl)c1. The lowest BCUT2D eigenvalue weighted by Gasteiger charge is -2.06. The standard InChI is InChI=1S/C12H10Cl2N2/c1-15-8-5-6-16-11(7-8)9-3-2-4-10(13)12(9)14/h2-7H,1H3,(H,15,16). The van der Waals surface area contributed by atoms with Crippen LogP contribution in [-0.4, -0.2) is 12.0 Å². The van der Waals surface area contributed by atoms with Gasteiger partial charge in [0.15, 0.2) is 0 Å². The molecule has 0 aliphatic heterocycles. The Balaban J connectivity index is 2.54. The molecule has 1 N–H and O–H groups in total. The Morgan fingerprint density at radius 2 is 2.00 bits per heavy atom. The Morgan fingerprint density at radius 1 is 1.19 bits per heavy atom. The van der Waals surface area contributed by atoms with E-state index in [1.54, 1.807) is 12.3 Å². The van der Waals surface area contributed by atoms with Crippen LogP contribution in [0.25, 0.3) is 11.3 Å². The third-order valence-electron chi connectivity index (χ3n) is 2.28. The van der Waals surface area contributed by atoms with Crippen LogP contribution < -0.4 is 5.32 Å². The number of aromatic nitrogens is 1. The number of hydrogen-bond acceptors (Lipinski definition) is 2. The Morgan fingerprint density at radius 3 is 2.75 bits per heavy atom. The van der Waals surface area contributed by atoms with Crippen LogP contribution in [0.15, 0.2) is 36.5 Å². The number of hydrogen-bond donors (Lipinski definition) is 1. The molecule has 2 nitrogen and oxygen atoms in total. The van der Waals surface area contributed by atoms with E-state index in [0.717, 1.165) is 16.9 Å². The second-order valence-corrected chi connectivity index (χ2v) is 4.07. The number of rotatable bonds is 2. The first-order chi connectivity index (χ1) is 7.72. The van der Waals surface area contributed by atoms with Crippen molar-refractivity contribution in [1.29, 1.82) is 0 Å². The predicted molar refractivity (Wildman–Crippen MR) is 69.2 cm³/mol. The molecule has 0 radical (unpaired) electrons. The lowest BCUT2D eigenvalue weighted by atomic mass is 10.1. The normalized spacial score (nSPS) is 10.2. The van der Waals surface area contributed by atoms with Crippen molar-refractivity contribution < 1.29 is 0 Å². The molecule has 0 fully saturated rings. The minimum atomic E-state index is 0.532. The van der Waals surface area contributed by atoms with Gasteiger partial charge >= 0.3 is 0 Å². The average molecular weight is 253 g/mol. The van der Waals surface area contributed by atoms with Gasteiger partial charge in [-0.2, -0.15) is 0 Å². The number of nitrogens with zero attached hydrogens (tertiary/aromatic N) is 1. The van der Waals surface area contributed by atoms with Crippen molar-refractivity contribution in [3.8, 4) is 11.3 Å². The van der Waals surface area contributed by atoms with Gasteiger partial charge < -0.3 is 5.32 Å². The van der Waals surface area contributed by atoms with Gasteiger partial charge in [-0.05, 0) is 18.2 Å². The smallest absolute Gasteiger partial charge is 0.0738 e. The van der Waals surface area contributed by atoms with Gasteiger partial charge in [0, 0.05) is 24.5 Å². The highest BCUT2D eigenvalue weighted by molar-refractivity contribution is 6.43. The third-order valence-corrected chi connectivity index (χ3v) is 3.10. The average Bonchev–Trinajstić information content (AvgIpc) is 2.33. The molecule has 1 heterocycles. The first-order valence-electron chi connectivity index (χ1n) is 4.80. The van der Waals surface area contributed by atoms with Gasteiger partial charge in [-0.1, -0.05) is 35.3 Å². The van der Waals surface area contributed by atoms with Crippen LogP contribution in [0.2, 0.25) is 10.0 Å².